The molecule has 2 heterocycles. The molecule has 0 saturated heterocycles. The van der Waals surface area contributed by atoms with Crippen molar-refractivity contribution in [2.24, 2.45) is 0 Å². The van der Waals surface area contributed by atoms with Crippen LogP contribution >= 0.6 is 0 Å². The molecular formula is C114H82N6. The van der Waals surface area contributed by atoms with E-state index in [0.717, 1.165) is 90.8 Å². The standard InChI is InChI=1S/C60H43N3.C54H39N3/c1-5-17-44(18-6-1)46-31-34-52(35-32-46)62(55-27-15-21-47(41-55)45-19-7-2-8-20-45)54-38-36-53(37-39-54)61(50-23-9-3-10-24-50)56-28-16-22-48(42-56)49-33-40-58-57-29-13-14-30-59(57)63(60(58)43-49)51-25-11-4-12-26-51;1-5-16-40(17-6-1)41-28-31-47(32-29-41)55(44-19-7-2-8-20-44)48-33-35-49(36-34-48)56(45-21-9-3-10-22-45)50-25-15-18-42(38-50)43-30-37-52-51-26-13-14-27-53(51)57(54(52)39-43)46-23-11-4-12-24-46/h1-43H;1-39H. The van der Waals surface area contributed by atoms with Crippen molar-refractivity contribution < 1.29 is 0 Å². The number of rotatable bonds is 19. The number of hydrogen-bond donors (Lipinski definition) is 0. The van der Waals surface area contributed by atoms with Gasteiger partial charge in [0.2, 0.25) is 0 Å². The fourth-order valence-electron chi connectivity index (χ4n) is 17.0. The van der Waals surface area contributed by atoms with Gasteiger partial charge in [0.05, 0.1) is 22.1 Å². The fraction of sp³-hybridized carbons (Fsp3) is 0. The van der Waals surface area contributed by atoms with Crippen molar-refractivity contribution in [3.63, 3.8) is 0 Å². The third kappa shape index (κ3) is 14.7. The summed E-state index contributed by atoms with van der Waals surface area (Å²) in [5.74, 6) is 0. The maximum Gasteiger partial charge on any atom is 0.0547 e. The second kappa shape index (κ2) is 33.1. The van der Waals surface area contributed by atoms with Gasteiger partial charge in [0.15, 0.2) is 0 Å². The predicted octanol–water partition coefficient (Wildman–Crippen LogP) is 31.8. The molecule has 120 heavy (non-hydrogen) atoms. The van der Waals surface area contributed by atoms with E-state index in [0.29, 0.717) is 0 Å². The first-order chi connectivity index (χ1) is 59.5. The van der Waals surface area contributed by atoms with Gasteiger partial charge in [-0.25, -0.2) is 0 Å². The first-order valence-electron chi connectivity index (χ1n) is 40.9. The van der Waals surface area contributed by atoms with Crippen molar-refractivity contribution in [3.05, 3.63) is 497 Å². The van der Waals surface area contributed by atoms with Crippen molar-refractivity contribution in [2.45, 2.75) is 0 Å². The van der Waals surface area contributed by atoms with E-state index >= 15 is 0 Å². The summed E-state index contributed by atoms with van der Waals surface area (Å²) in [5.41, 5.74) is 31.9. The van der Waals surface area contributed by atoms with Crippen LogP contribution in [0.5, 0.6) is 0 Å². The quantitative estimate of drug-likeness (QED) is 0.0805. The zero-order chi connectivity index (χ0) is 79.9. The number of hydrogen-bond acceptors (Lipinski definition) is 4. The summed E-state index contributed by atoms with van der Waals surface area (Å²) >= 11 is 0. The molecule has 0 radical (unpaired) electrons. The van der Waals surface area contributed by atoms with E-state index in [1.54, 1.807) is 0 Å². The average Bonchev–Trinajstić information content (AvgIpc) is 1.61. The van der Waals surface area contributed by atoms with Crippen LogP contribution in [-0.2, 0) is 0 Å². The lowest BCUT2D eigenvalue weighted by Crippen LogP contribution is -2.12. The molecule has 21 aromatic rings. The lowest BCUT2D eigenvalue weighted by molar-refractivity contribution is 1.18. The number of fused-ring (bicyclic) bond motifs is 6. The van der Waals surface area contributed by atoms with Crippen LogP contribution in [0.25, 0.3) is 111 Å². The second-order valence-corrected chi connectivity index (χ2v) is 30.1. The Kier molecular flexibility index (Phi) is 20.1. The molecule has 19 aromatic carbocycles. The Labute approximate surface area is 700 Å². The number of aromatic nitrogens is 2. The predicted molar refractivity (Wildman–Crippen MR) is 507 cm³/mol. The molecule has 0 aliphatic heterocycles. The topological polar surface area (TPSA) is 22.8 Å². The third-order valence-corrected chi connectivity index (χ3v) is 22.7. The second-order valence-electron chi connectivity index (χ2n) is 30.1. The van der Waals surface area contributed by atoms with Gasteiger partial charge in [-0.15, -0.1) is 0 Å². The normalized spacial score (nSPS) is 11.2. The third-order valence-electron chi connectivity index (χ3n) is 22.7. The summed E-state index contributed by atoms with van der Waals surface area (Å²) in [5, 5.41) is 5.00. The number of benzene rings is 19. The van der Waals surface area contributed by atoms with Crippen LogP contribution in [0.1, 0.15) is 0 Å². The Morgan fingerprint density at radius 2 is 0.308 bits per heavy atom. The highest BCUT2D eigenvalue weighted by Gasteiger charge is 2.23. The van der Waals surface area contributed by atoms with Gasteiger partial charge in [-0.3, -0.25) is 0 Å². The van der Waals surface area contributed by atoms with Crippen molar-refractivity contribution in [1.29, 1.82) is 0 Å². The van der Waals surface area contributed by atoms with Gasteiger partial charge < -0.3 is 28.7 Å². The highest BCUT2D eigenvalue weighted by Crippen LogP contribution is 2.46. The molecule has 21 rings (SSSR count). The summed E-state index contributed by atoms with van der Waals surface area (Å²) in [7, 11) is 0. The summed E-state index contributed by atoms with van der Waals surface area (Å²) in [4.78, 5) is 9.36. The highest BCUT2D eigenvalue weighted by molar-refractivity contribution is 6.12. The fourth-order valence-corrected chi connectivity index (χ4v) is 17.0. The first kappa shape index (κ1) is 72.9. The summed E-state index contributed by atoms with van der Waals surface area (Å²) in [6, 6.07) is 178. The van der Waals surface area contributed by atoms with Gasteiger partial charge in [-0.2, -0.15) is 0 Å². The van der Waals surface area contributed by atoms with E-state index in [9.17, 15) is 0 Å². The Morgan fingerprint density at radius 1 is 0.117 bits per heavy atom. The van der Waals surface area contributed by atoms with Gasteiger partial charge in [-0.05, 0) is 250 Å². The Morgan fingerprint density at radius 3 is 0.625 bits per heavy atom. The zero-order valence-electron chi connectivity index (χ0n) is 66.0. The molecule has 0 unspecified atom stereocenters. The Hall–Kier alpha value is -16.0. The van der Waals surface area contributed by atoms with Gasteiger partial charge in [0, 0.05) is 101 Å². The molecule has 6 nitrogen and oxygen atoms in total. The zero-order valence-corrected chi connectivity index (χ0v) is 66.0. The minimum Gasteiger partial charge on any atom is -0.311 e. The van der Waals surface area contributed by atoms with Crippen molar-refractivity contribution >= 4 is 112 Å². The Balaban J connectivity index is 0.000000154. The van der Waals surface area contributed by atoms with Crippen LogP contribution in [0.2, 0.25) is 0 Å². The van der Waals surface area contributed by atoms with E-state index in [2.05, 4.69) is 526 Å². The molecular weight excluding hydrogens is 1450 g/mol. The van der Waals surface area contributed by atoms with E-state index in [1.165, 1.54) is 88.1 Å². The SMILES string of the molecule is c1ccc(-c2ccc(N(c3ccc(N(c4ccccc4)c4cccc(-c5ccc6c7ccccc7n(-c7ccccc7)c6c5)c4)cc3)c3cccc(-c4ccccc4)c3)cc2)cc1.c1ccc(-c2ccc(N(c3ccccc3)c3ccc(N(c4ccccc4)c4cccc(-c5ccc6c7ccccc7n(-c7ccccc7)c6c5)c4)cc3)cc2)cc1. The smallest absolute Gasteiger partial charge is 0.0547 e. The molecule has 0 saturated carbocycles. The monoisotopic (exact) mass is 1530 g/mol. The van der Waals surface area contributed by atoms with Crippen LogP contribution in [0.3, 0.4) is 0 Å². The number of anilines is 12. The molecule has 0 spiro atoms. The maximum atomic E-state index is 2.38. The summed E-state index contributed by atoms with van der Waals surface area (Å²) in [6.45, 7) is 0. The molecule has 0 amide bonds. The molecule has 0 N–H and O–H groups in total. The molecule has 6 heteroatoms. The molecule has 0 atom stereocenters. The maximum absolute atomic E-state index is 2.38. The highest BCUT2D eigenvalue weighted by atomic mass is 15.2. The summed E-state index contributed by atoms with van der Waals surface area (Å²) < 4.78 is 4.76. The molecule has 0 fully saturated rings. The van der Waals surface area contributed by atoms with Crippen LogP contribution in [-0.4, -0.2) is 9.13 Å². The minimum absolute atomic E-state index is 1.07. The van der Waals surface area contributed by atoms with E-state index < -0.39 is 0 Å². The lowest BCUT2D eigenvalue weighted by Gasteiger charge is -2.29. The first-order valence-corrected chi connectivity index (χ1v) is 40.9. The number of nitrogens with zero attached hydrogens (tertiary/aromatic N) is 6. The van der Waals surface area contributed by atoms with Gasteiger partial charge in [0.1, 0.15) is 0 Å². The average molecular weight is 1540 g/mol. The largest absolute Gasteiger partial charge is 0.311 e. The van der Waals surface area contributed by atoms with E-state index in [1.807, 2.05) is 0 Å². The van der Waals surface area contributed by atoms with Crippen molar-refractivity contribution in [2.75, 3.05) is 19.6 Å². The van der Waals surface area contributed by atoms with Crippen LogP contribution < -0.4 is 19.6 Å². The number of para-hydroxylation sites is 7. The van der Waals surface area contributed by atoms with Gasteiger partial charge in [0.25, 0.3) is 0 Å². The van der Waals surface area contributed by atoms with Gasteiger partial charge >= 0.3 is 0 Å². The Bertz CT molecular complexity index is 7090. The van der Waals surface area contributed by atoms with Crippen LogP contribution in [0, 0.1) is 0 Å². The molecule has 0 aliphatic rings. The minimum atomic E-state index is 1.07. The molecule has 0 aliphatic carbocycles. The van der Waals surface area contributed by atoms with E-state index in [4.69, 9.17) is 0 Å². The van der Waals surface area contributed by atoms with Crippen LogP contribution in [0.4, 0.5) is 68.2 Å². The lowest BCUT2D eigenvalue weighted by atomic mass is 10.0. The van der Waals surface area contributed by atoms with E-state index in [-0.39, 0.29) is 0 Å². The molecule has 568 valence electrons. The molecule has 2 aromatic heterocycles. The van der Waals surface area contributed by atoms with Gasteiger partial charge in [-0.1, -0.05) is 303 Å². The van der Waals surface area contributed by atoms with Crippen molar-refractivity contribution in [1.82, 2.24) is 9.13 Å². The summed E-state index contributed by atoms with van der Waals surface area (Å²) in [6.07, 6.45) is 0. The molecule has 0 bridgehead atoms. The van der Waals surface area contributed by atoms with Crippen LogP contribution in [0.15, 0.2) is 497 Å². The van der Waals surface area contributed by atoms with Crippen molar-refractivity contribution in [3.8, 4) is 67.0 Å².